The van der Waals surface area contributed by atoms with E-state index in [1.54, 1.807) is 0 Å². The summed E-state index contributed by atoms with van der Waals surface area (Å²) < 4.78 is 0. The standard InChI is InChI=1S/C14H19N5O2/c1-2-15-14(21)19-7-5-18(6-8-19)10-3-4-11-12(9-10)17-13(20)16-11/h3-4,9H,2,5-8H2,1H3,(H,15,21)(H2,16,17,20). The molecule has 2 amide bonds. The number of urea groups is 1. The van der Waals surface area contributed by atoms with Crippen LogP contribution in [-0.4, -0.2) is 53.6 Å². The van der Waals surface area contributed by atoms with Crippen LogP contribution in [0.4, 0.5) is 10.5 Å². The topological polar surface area (TPSA) is 84.2 Å². The monoisotopic (exact) mass is 289 g/mol. The van der Waals surface area contributed by atoms with Gasteiger partial charge in [-0.1, -0.05) is 0 Å². The quantitative estimate of drug-likeness (QED) is 0.761. The van der Waals surface area contributed by atoms with Crippen molar-refractivity contribution in [1.29, 1.82) is 0 Å². The minimum atomic E-state index is -0.191. The van der Waals surface area contributed by atoms with E-state index in [1.807, 2.05) is 30.0 Å². The van der Waals surface area contributed by atoms with Gasteiger partial charge in [0, 0.05) is 38.4 Å². The van der Waals surface area contributed by atoms with Crippen LogP contribution >= 0.6 is 0 Å². The molecule has 1 aliphatic heterocycles. The van der Waals surface area contributed by atoms with Gasteiger partial charge in [-0.25, -0.2) is 9.59 Å². The number of hydrogen-bond donors (Lipinski definition) is 3. The van der Waals surface area contributed by atoms with Crippen LogP contribution in [-0.2, 0) is 0 Å². The maximum absolute atomic E-state index is 11.8. The number of aromatic amines is 2. The summed E-state index contributed by atoms with van der Waals surface area (Å²) in [4.78, 5) is 32.6. The lowest BCUT2D eigenvalue weighted by molar-refractivity contribution is 0.195. The van der Waals surface area contributed by atoms with E-state index in [0.717, 1.165) is 29.8 Å². The van der Waals surface area contributed by atoms with Crippen LogP contribution in [0.15, 0.2) is 23.0 Å². The number of amides is 2. The average molecular weight is 289 g/mol. The molecule has 112 valence electrons. The first-order chi connectivity index (χ1) is 10.2. The molecule has 21 heavy (non-hydrogen) atoms. The maximum atomic E-state index is 11.8. The number of rotatable bonds is 2. The summed E-state index contributed by atoms with van der Waals surface area (Å²) in [7, 11) is 0. The van der Waals surface area contributed by atoms with Crippen LogP contribution < -0.4 is 15.9 Å². The highest BCUT2D eigenvalue weighted by Crippen LogP contribution is 2.20. The number of carbonyl (C=O) groups excluding carboxylic acids is 1. The molecule has 2 aromatic rings. The normalized spacial score (nSPS) is 15.5. The van der Waals surface area contributed by atoms with Gasteiger partial charge in [-0.3, -0.25) is 0 Å². The van der Waals surface area contributed by atoms with Crippen LogP contribution in [0.1, 0.15) is 6.92 Å². The molecule has 0 unspecified atom stereocenters. The Kier molecular flexibility index (Phi) is 3.55. The largest absolute Gasteiger partial charge is 0.368 e. The summed E-state index contributed by atoms with van der Waals surface area (Å²) in [5, 5.41) is 2.82. The predicted molar refractivity (Wildman–Crippen MR) is 81.8 cm³/mol. The number of piperazine rings is 1. The summed E-state index contributed by atoms with van der Waals surface area (Å²) in [5.74, 6) is 0. The minimum absolute atomic E-state index is 0.00238. The second-order valence-corrected chi connectivity index (χ2v) is 5.12. The molecule has 1 saturated heterocycles. The van der Waals surface area contributed by atoms with E-state index >= 15 is 0 Å². The second kappa shape index (κ2) is 5.51. The molecule has 1 aromatic carbocycles. The zero-order valence-electron chi connectivity index (χ0n) is 12.0. The van der Waals surface area contributed by atoms with Crippen molar-refractivity contribution in [3.8, 4) is 0 Å². The number of anilines is 1. The summed E-state index contributed by atoms with van der Waals surface area (Å²) in [6.45, 7) is 5.55. The van der Waals surface area contributed by atoms with Crippen LogP contribution in [0.3, 0.4) is 0 Å². The Morgan fingerprint density at radius 3 is 2.62 bits per heavy atom. The third-order valence-corrected chi connectivity index (χ3v) is 3.76. The number of nitrogens with zero attached hydrogens (tertiary/aromatic N) is 2. The molecule has 0 atom stereocenters. The van der Waals surface area contributed by atoms with Gasteiger partial charge in [0.15, 0.2) is 0 Å². The second-order valence-electron chi connectivity index (χ2n) is 5.12. The molecule has 0 radical (unpaired) electrons. The number of carbonyl (C=O) groups is 1. The van der Waals surface area contributed by atoms with Crippen molar-refractivity contribution >= 4 is 22.8 Å². The molecule has 0 bridgehead atoms. The van der Waals surface area contributed by atoms with Gasteiger partial charge < -0.3 is 25.1 Å². The van der Waals surface area contributed by atoms with E-state index in [4.69, 9.17) is 0 Å². The molecular formula is C14H19N5O2. The van der Waals surface area contributed by atoms with E-state index in [0.29, 0.717) is 19.6 Å². The molecular weight excluding hydrogens is 270 g/mol. The Morgan fingerprint density at radius 2 is 1.90 bits per heavy atom. The fourth-order valence-electron chi connectivity index (χ4n) is 2.65. The first-order valence-electron chi connectivity index (χ1n) is 7.17. The van der Waals surface area contributed by atoms with Gasteiger partial charge in [0.1, 0.15) is 0 Å². The van der Waals surface area contributed by atoms with E-state index in [1.165, 1.54) is 0 Å². The van der Waals surface area contributed by atoms with E-state index < -0.39 is 0 Å². The summed E-state index contributed by atoms with van der Waals surface area (Å²) >= 11 is 0. The predicted octanol–water partition coefficient (Wildman–Crippen LogP) is 0.708. The van der Waals surface area contributed by atoms with Crippen molar-refractivity contribution in [1.82, 2.24) is 20.2 Å². The highest BCUT2D eigenvalue weighted by molar-refractivity contribution is 5.79. The number of nitrogens with one attached hydrogen (secondary N) is 3. The summed E-state index contributed by atoms with van der Waals surface area (Å²) in [6, 6.07) is 5.87. The highest BCUT2D eigenvalue weighted by Gasteiger charge is 2.20. The van der Waals surface area contributed by atoms with Gasteiger partial charge in [-0.05, 0) is 25.1 Å². The van der Waals surface area contributed by atoms with Crippen LogP contribution in [0.2, 0.25) is 0 Å². The third-order valence-electron chi connectivity index (χ3n) is 3.76. The molecule has 3 N–H and O–H groups in total. The molecule has 0 aliphatic carbocycles. The molecule has 0 saturated carbocycles. The Bertz CT molecular complexity index is 697. The van der Waals surface area contributed by atoms with Crippen LogP contribution in [0.5, 0.6) is 0 Å². The lowest BCUT2D eigenvalue weighted by atomic mass is 10.2. The van der Waals surface area contributed by atoms with Crippen LogP contribution in [0.25, 0.3) is 11.0 Å². The number of hydrogen-bond acceptors (Lipinski definition) is 3. The maximum Gasteiger partial charge on any atom is 0.323 e. The van der Waals surface area contributed by atoms with Gasteiger partial charge in [0.25, 0.3) is 0 Å². The Balaban J connectivity index is 1.70. The minimum Gasteiger partial charge on any atom is -0.368 e. The van der Waals surface area contributed by atoms with Crippen molar-refractivity contribution in [3.63, 3.8) is 0 Å². The third kappa shape index (κ3) is 2.72. The van der Waals surface area contributed by atoms with Gasteiger partial charge in [-0.2, -0.15) is 0 Å². The lowest BCUT2D eigenvalue weighted by Crippen LogP contribution is -2.51. The van der Waals surface area contributed by atoms with Crippen molar-refractivity contribution < 1.29 is 4.79 Å². The fraction of sp³-hybridized carbons (Fsp3) is 0.429. The molecule has 7 heteroatoms. The van der Waals surface area contributed by atoms with Gasteiger partial charge in [0.2, 0.25) is 0 Å². The van der Waals surface area contributed by atoms with Crippen molar-refractivity contribution in [2.75, 3.05) is 37.6 Å². The molecule has 1 aromatic heterocycles. The first-order valence-corrected chi connectivity index (χ1v) is 7.17. The van der Waals surface area contributed by atoms with Crippen molar-refractivity contribution in [3.05, 3.63) is 28.7 Å². The van der Waals surface area contributed by atoms with E-state index in [2.05, 4.69) is 20.2 Å². The Morgan fingerprint density at radius 1 is 1.19 bits per heavy atom. The Hall–Kier alpha value is -2.44. The van der Waals surface area contributed by atoms with E-state index in [9.17, 15) is 9.59 Å². The molecule has 1 aliphatic rings. The molecule has 1 fully saturated rings. The molecule has 2 heterocycles. The van der Waals surface area contributed by atoms with Crippen molar-refractivity contribution in [2.24, 2.45) is 0 Å². The zero-order chi connectivity index (χ0) is 14.8. The highest BCUT2D eigenvalue weighted by atomic mass is 16.2. The summed E-state index contributed by atoms with van der Waals surface area (Å²) in [6.07, 6.45) is 0. The SMILES string of the molecule is CCNC(=O)N1CCN(c2ccc3[nH]c(=O)[nH]c3c2)CC1. The lowest BCUT2D eigenvalue weighted by Gasteiger charge is -2.36. The smallest absolute Gasteiger partial charge is 0.323 e. The number of H-pyrrole nitrogens is 2. The zero-order valence-corrected chi connectivity index (χ0v) is 12.0. The number of benzene rings is 1. The Labute approximate surface area is 121 Å². The molecule has 7 nitrogen and oxygen atoms in total. The van der Waals surface area contributed by atoms with Gasteiger partial charge in [0.05, 0.1) is 11.0 Å². The first kappa shape index (κ1) is 13.5. The number of aromatic nitrogens is 2. The van der Waals surface area contributed by atoms with Gasteiger partial charge >= 0.3 is 11.7 Å². The number of fused-ring (bicyclic) bond motifs is 1. The molecule has 3 rings (SSSR count). The number of imidazole rings is 1. The fourth-order valence-corrected chi connectivity index (χ4v) is 2.65. The molecule has 0 spiro atoms. The van der Waals surface area contributed by atoms with Crippen LogP contribution in [0, 0.1) is 0 Å². The van der Waals surface area contributed by atoms with Crippen molar-refractivity contribution in [2.45, 2.75) is 6.92 Å². The van der Waals surface area contributed by atoms with E-state index in [-0.39, 0.29) is 11.7 Å². The summed E-state index contributed by atoms with van der Waals surface area (Å²) in [5.41, 5.74) is 2.49. The average Bonchev–Trinajstić information content (AvgIpc) is 2.86. The van der Waals surface area contributed by atoms with Gasteiger partial charge in [-0.15, -0.1) is 0 Å².